The van der Waals surface area contributed by atoms with Crippen LogP contribution in [0.1, 0.15) is 66.5 Å². The van der Waals surface area contributed by atoms with E-state index in [0.717, 1.165) is 36.2 Å². The van der Waals surface area contributed by atoms with E-state index in [1.807, 2.05) is 63.2 Å². The van der Waals surface area contributed by atoms with Crippen molar-refractivity contribution < 1.29 is 9.90 Å². The summed E-state index contributed by atoms with van der Waals surface area (Å²) in [6, 6.07) is 13.6. The van der Waals surface area contributed by atoms with Gasteiger partial charge < -0.3 is 10.4 Å². The number of pyridine rings is 1. The molecule has 0 radical (unpaired) electrons. The van der Waals surface area contributed by atoms with E-state index in [9.17, 15) is 9.90 Å². The van der Waals surface area contributed by atoms with Gasteiger partial charge in [-0.2, -0.15) is 0 Å². The maximum absolute atomic E-state index is 12.7. The number of amides is 1. The Hall–Kier alpha value is -2.20. The largest absolute Gasteiger partial charge is 0.390 e. The van der Waals surface area contributed by atoms with Crippen LogP contribution in [0.5, 0.6) is 0 Å². The predicted octanol–water partition coefficient (Wildman–Crippen LogP) is 3.97. The first-order valence-corrected chi connectivity index (χ1v) is 9.37. The van der Waals surface area contributed by atoms with Crippen LogP contribution < -0.4 is 5.32 Å². The number of hydrogen-bond donors (Lipinski definition) is 2. The predicted molar refractivity (Wildman–Crippen MR) is 103 cm³/mol. The van der Waals surface area contributed by atoms with Crippen LogP contribution in [0.4, 0.5) is 0 Å². The lowest BCUT2D eigenvalue weighted by atomic mass is 9.98. The van der Waals surface area contributed by atoms with Crippen molar-refractivity contribution in [3.8, 4) is 0 Å². The molecule has 3 rings (SSSR count). The summed E-state index contributed by atoms with van der Waals surface area (Å²) >= 11 is 0. The minimum absolute atomic E-state index is 0.0164. The molecular formula is C22H28N2O2. The number of aliphatic hydroxyl groups is 1. The fraction of sp³-hybridized carbons (Fsp3) is 0.455. The summed E-state index contributed by atoms with van der Waals surface area (Å²) in [5, 5.41) is 13.0. The van der Waals surface area contributed by atoms with Crippen LogP contribution in [0, 0.1) is 12.8 Å². The van der Waals surface area contributed by atoms with Gasteiger partial charge >= 0.3 is 0 Å². The average Bonchev–Trinajstić information content (AvgIpc) is 3.42. The lowest BCUT2D eigenvalue weighted by molar-refractivity contribution is 0.0713. The Bertz CT molecular complexity index is 758. The van der Waals surface area contributed by atoms with Gasteiger partial charge in [0.15, 0.2) is 0 Å². The minimum atomic E-state index is -0.672. The number of nitrogens with zero attached hydrogens (tertiary/aromatic N) is 1. The molecule has 1 aliphatic carbocycles. The quantitative estimate of drug-likeness (QED) is 0.792. The third kappa shape index (κ3) is 5.15. The average molecular weight is 352 g/mol. The van der Waals surface area contributed by atoms with Crippen LogP contribution in [0.15, 0.2) is 42.5 Å². The highest BCUT2D eigenvalue weighted by atomic mass is 16.3. The van der Waals surface area contributed by atoms with Gasteiger partial charge in [-0.3, -0.25) is 9.78 Å². The standard InChI is InChI=1S/C22H28N2O2/c1-15-5-4-6-19(23-15)20(17-11-12-17)24-21(25)18-9-7-16(8-10-18)13-14-22(2,3)26/h4-10,17,20,26H,11-14H2,1-3H3,(H,24,25). The van der Waals surface area contributed by atoms with E-state index >= 15 is 0 Å². The normalized spacial score (nSPS) is 15.5. The number of aryl methyl sites for hydroxylation is 2. The zero-order chi connectivity index (χ0) is 18.7. The van der Waals surface area contributed by atoms with E-state index in [2.05, 4.69) is 10.3 Å². The lowest BCUT2D eigenvalue weighted by Crippen LogP contribution is -2.30. The smallest absolute Gasteiger partial charge is 0.251 e. The lowest BCUT2D eigenvalue weighted by Gasteiger charge is -2.19. The second-order valence-corrected chi connectivity index (χ2v) is 8.00. The molecule has 1 heterocycles. The van der Waals surface area contributed by atoms with E-state index in [-0.39, 0.29) is 11.9 Å². The third-order valence-corrected chi connectivity index (χ3v) is 4.85. The van der Waals surface area contributed by atoms with Gasteiger partial charge in [0, 0.05) is 11.3 Å². The first kappa shape index (κ1) is 18.6. The number of hydrogen-bond acceptors (Lipinski definition) is 3. The minimum Gasteiger partial charge on any atom is -0.390 e. The summed E-state index contributed by atoms with van der Waals surface area (Å²) in [6.45, 7) is 5.60. The number of nitrogens with one attached hydrogen (secondary N) is 1. The maximum Gasteiger partial charge on any atom is 0.251 e. The summed E-state index contributed by atoms with van der Waals surface area (Å²) < 4.78 is 0. The first-order chi connectivity index (χ1) is 12.3. The van der Waals surface area contributed by atoms with Crippen LogP contribution in [-0.4, -0.2) is 21.6 Å². The molecule has 4 heteroatoms. The van der Waals surface area contributed by atoms with Crippen molar-refractivity contribution in [1.29, 1.82) is 0 Å². The Kier molecular flexibility index (Phi) is 5.42. The molecule has 138 valence electrons. The van der Waals surface area contributed by atoms with Crippen molar-refractivity contribution in [3.63, 3.8) is 0 Å². The van der Waals surface area contributed by atoms with Gasteiger partial charge in [0.2, 0.25) is 0 Å². The molecule has 1 aliphatic rings. The molecule has 2 N–H and O–H groups in total. The van der Waals surface area contributed by atoms with Gasteiger partial charge in [0.1, 0.15) is 0 Å². The molecule has 1 saturated carbocycles. The Morgan fingerprint density at radius 2 is 1.92 bits per heavy atom. The number of aromatic nitrogens is 1. The van der Waals surface area contributed by atoms with Gasteiger partial charge in [-0.1, -0.05) is 18.2 Å². The summed E-state index contributed by atoms with van der Waals surface area (Å²) in [5.41, 5.74) is 3.04. The molecule has 0 saturated heterocycles. The highest BCUT2D eigenvalue weighted by Gasteiger charge is 2.34. The maximum atomic E-state index is 12.7. The fourth-order valence-corrected chi connectivity index (χ4v) is 3.10. The highest BCUT2D eigenvalue weighted by molar-refractivity contribution is 5.94. The number of carbonyl (C=O) groups is 1. The molecule has 1 atom stereocenters. The molecule has 4 nitrogen and oxygen atoms in total. The van der Waals surface area contributed by atoms with Crippen molar-refractivity contribution in [2.75, 3.05) is 0 Å². The Balaban J connectivity index is 1.66. The van der Waals surface area contributed by atoms with E-state index < -0.39 is 5.60 Å². The molecule has 1 fully saturated rings. The molecule has 2 aromatic rings. The van der Waals surface area contributed by atoms with Gasteiger partial charge in [0.05, 0.1) is 17.3 Å². The van der Waals surface area contributed by atoms with Gasteiger partial charge in [-0.25, -0.2) is 0 Å². The van der Waals surface area contributed by atoms with E-state index in [4.69, 9.17) is 0 Å². The van der Waals surface area contributed by atoms with Gasteiger partial charge in [0.25, 0.3) is 5.91 Å². The molecule has 1 aromatic heterocycles. The monoisotopic (exact) mass is 352 g/mol. The van der Waals surface area contributed by atoms with Crippen LogP contribution in [0.2, 0.25) is 0 Å². The summed E-state index contributed by atoms with van der Waals surface area (Å²) in [7, 11) is 0. The molecule has 1 unspecified atom stereocenters. The molecule has 26 heavy (non-hydrogen) atoms. The Labute approximate surface area is 155 Å². The molecule has 0 spiro atoms. The van der Waals surface area contributed by atoms with Crippen molar-refractivity contribution in [2.24, 2.45) is 5.92 Å². The summed E-state index contributed by atoms with van der Waals surface area (Å²) in [6.07, 6.45) is 3.76. The molecular weight excluding hydrogens is 324 g/mol. The molecule has 0 bridgehead atoms. The third-order valence-electron chi connectivity index (χ3n) is 4.85. The van der Waals surface area contributed by atoms with Crippen LogP contribution in [0.3, 0.4) is 0 Å². The first-order valence-electron chi connectivity index (χ1n) is 9.37. The summed E-state index contributed by atoms with van der Waals surface area (Å²) in [4.78, 5) is 17.3. The van der Waals surface area contributed by atoms with Crippen LogP contribution in [0.25, 0.3) is 0 Å². The molecule has 1 amide bonds. The molecule has 1 aromatic carbocycles. The Morgan fingerprint density at radius 3 is 2.50 bits per heavy atom. The second-order valence-electron chi connectivity index (χ2n) is 8.00. The van der Waals surface area contributed by atoms with Crippen LogP contribution >= 0.6 is 0 Å². The fourth-order valence-electron chi connectivity index (χ4n) is 3.10. The van der Waals surface area contributed by atoms with Crippen molar-refractivity contribution in [2.45, 2.75) is 58.1 Å². The second kappa shape index (κ2) is 7.58. The van der Waals surface area contributed by atoms with Crippen molar-refractivity contribution in [3.05, 3.63) is 65.0 Å². The molecule has 0 aliphatic heterocycles. The van der Waals surface area contributed by atoms with Gasteiger partial charge in [-0.05, 0) is 82.2 Å². The number of benzene rings is 1. The zero-order valence-corrected chi connectivity index (χ0v) is 15.8. The topological polar surface area (TPSA) is 62.2 Å². The van der Waals surface area contributed by atoms with Crippen molar-refractivity contribution in [1.82, 2.24) is 10.3 Å². The van der Waals surface area contributed by atoms with E-state index in [0.29, 0.717) is 17.9 Å². The summed E-state index contributed by atoms with van der Waals surface area (Å²) in [5.74, 6) is 0.429. The Morgan fingerprint density at radius 1 is 1.23 bits per heavy atom. The van der Waals surface area contributed by atoms with Gasteiger partial charge in [-0.15, -0.1) is 0 Å². The SMILES string of the molecule is Cc1cccc(C(NC(=O)c2ccc(CCC(C)(C)O)cc2)C2CC2)n1. The van der Waals surface area contributed by atoms with E-state index in [1.165, 1.54) is 0 Å². The highest BCUT2D eigenvalue weighted by Crippen LogP contribution is 2.40. The zero-order valence-electron chi connectivity index (χ0n) is 15.8. The number of rotatable bonds is 7. The number of carbonyl (C=O) groups excluding carboxylic acids is 1. The van der Waals surface area contributed by atoms with Crippen molar-refractivity contribution >= 4 is 5.91 Å². The van der Waals surface area contributed by atoms with E-state index in [1.54, 1.807) is 0 Å². The van der Waals surface area contributed by atoms with Crippen LogP contribution in [-0.2, 0) is 6.42 Å².